The van der Waals surface area contributed by atoms with E-state index in [1.54, 1.807) is 4.90 Å². The van der Waals surface area contributed by atoms with Gasteiger partial charge in [-0.05, 0) is 32.8 Å². The molecule has 0 unspecified atom stereocenters. The molecule has 9 heteroatoms. The molecule has 1 aliphatic heterocycles. The topological polar surface area (TPSA) is 99.3 Å². The molecule has 1 amide bonds. The van der Waals surface area contributed by atoms with Gasteiger partial charge in [0.25, 0.3) is 0 Å². The number of anilines is 3. The molecule has 3 aromatic rings. The van der Waals surface area contributed by atoms with Gasteiger partial charge >= 0.3 is 6.09 Å². The molecule has 2 N–H and O–H groups in total. The van der Waals surface area contributed by atoms with Crippen molar-refractivity contribution >= 4 is 23.7 Å². The van der Waals surface area contributed by atoms with Crippen molar-refractivity contribution in [1.29, 1.82) is 0 Å². The van der Waals surface area contributed by atoms with E-state index in [2.05, 4.69) is 39.5 Å². The van der Waals surface area contributed by atoms with Crippen molar-refractivity contribution in [1.82, 2.24) is 25.1 Å². The fourth-order valence-electron chi connectivity index (χ4n) is 3.74. The number of hydrogen-bond donors (Lipinski definition) is 2. The SMILES string of the molecule is CCc1cc(Nc2cc(Cc3ccccc3)nc(N3CCN(C(=O)OC(C)(C)C)CC3)n2)n[nH]1. The highest BCUT2D eigenvalue weighted by Gasteiger charge is 2.27. The van der Waals surface area contributed by atoms with Gasteiger partial charge in [-0.2, -0.15) is 10.1 Å². The Bertz CT molecular complexity index is 1100. The molecule has 3 heterocycles. The number of aromatic nitrogens is 4. The summed E-state index contributed by atoms with van der Waals surface area (Å²) >= 11 is 0. The van der Waals surface area contributed by atoms with Crippen molar-refractivity contribution in [2.24, 2.45) is 0 Å². The average molecular weight is 464 g/mol. The van der Waals surface area contributed by atoms with E-state index in [1.807, 2.05) is 51.1 Å². The van der Waals surface area contributed by atoms with Gasteiger partial charge in [-0.15, -0.1) is 0 Å². The first kappa shape index (κ1) is 23.5. The molecule has 0 radical (unpaired) electrons. The minimum absolute atomic E-state index is 0.279. The predicted molar refractivity (Wildman–Crippen MR) is 133 cm³/mol. The standard InChI is InChI=1S/C25H33N7O2/c1-5-19-16-22(30-29-19)27-21-17-20(15-18-9-7-6-8-10-18)26-23(28-21)31-11-13-32(14-12-31)24(33)34-25(2,3)4/h6-10,16-17H,5,11-15H2,1-4H3,(H2,26,27,28,29,30). The number of rotatable bonds is 6. The molecule has 0 aliphatic carbocycles. The third-order valence-electron chi connectivity index (χ3n) is 5.48. The van der Waals surface area contributed by atoms with Gasteiger partial charge in [0.1, 0.15) is 11.4 Å². The third-order valence-corrected chi connectivity index (χ3v) is 5.48. The molecule has 0 spiro atoms. The monoisotopic (exact) mass is 463 g/mol. The molecule has 1 aliphatic rings. The van der Waals surface area contributed by atoms with Crippen molar-refractivity contribution in [3.05, 3.63) is 59.4 Å². The minimum atomic E-state index is -0.506. The van der Waals surface area contributed by atoms with Crippen molar-refractivity contribution < 1.29 is 9.53 Å². The summed E-state index contributed by atoms with van der Waals surface area (Å²) in [7, 11) is 0. The predicted octanol–water partition coefficient (Wildman–Crippen LogP) is 4.15. The Labute approximate surface area is 200 Å². The van der Waals surface area contributed by atoms with Crippen LogP contribution in [0.3, 0.4) is 0 Å². The highest BCUT2D eigenvalue weighted by Crippen LogP contribution is 2.21. The molecule has 0 bridgehead atoms. The Morgan fingerprint density at radius 3 is 2.44 bits per heavy atom. The number of H-pyrrole nitrogens is 1. The molecule has 9 nitrogen and oxygen atoms in total. The summed E-state index contributed by atoms with van der Waals surface area (Å²) in [6.07, 6.45) is 1.30. The van der Waals surface area contributed by atoms with Gasteiger partial charge in [-0.1, -0.05) is 37.3 Å². The van der Waals surface area contributed by atoms with E-state index in [-0.39, 0.29) is 6.09 Å². The van der Waals surface area contributed by atoms with Crippen LogP contribution in [0, 0.1) is 0 Å². The number of hydrogen-bond acceptors (Lipinski definition) is 7. The van der Waals surface area contributed by atoms with Crippen LogP contribution in [0.15, 0.2) is 42.5 Å². The van der Waals surface area contributed by atoms with Crippen LogP contribution < -0.4 is 10.2 Å². The smallest absolute Gasteiger partial charge is 0.410 e. The van der Waals surface area contributed by atoms with Crippen LogP contribution in [0.5, 0.6) is 0 Å². The zero-order valence-electron chi connectivity index (χ0n) is 20.3. The van der Waals surface area contributed by atoms with Crippen LogP contribution in [-0.2, 0) is 17.6 Å². The number of amides is 1. The fourth-order valence-corrected chi connectivity index (χ4v) is 3.74. The van der Waals surface area contributed by atoms with E-state index in [0.717, 1.165) is 23.6 Å². The second kappa shape index (κ2) is 10.1. The first-order valence-electron chi connectivity index (χ1n) is 11.7. The summed E-state index contributed by atoms with van der Waals surface area (Å²) in [5.41, 5.74) is 2.65. The zero-order valence-corrected chi connectivity index (χ0v) is 20.3. The number of carbonyl (C=O) groups is 1. The van der Waals surface area contributed by atoms with Crippen molar-refractivity contribution in [2.75, 3.05) is 36.4 Å². The summed E-state index contributed by atoms with van der Waals surface area (Å²) in [6, 6.07) is 14.2. The van der Waals surface area contributed by atoms with Crippen LogP contribution >= 0.6 is 0 Å². The average Bonchev–Trinajstić information content (AvgIpc) is 3.26. The molecule has 2 aromatic heterocycles. The first-order chi connectivity index (χ1) is 16.3. The molecular formula is C25H33N7O2. The van der Waals surface area contributed by atoms with Gasteiger partial charge in [-0.3, -0.25) is 5.10 Å². The largest absolute Gasteiger partial charge is 0.444 e. The van der Waals surface area contributed by atoms with E-state index in [9.17, 15) is 4.79 Å². The molecule has 1 saturated heterocycles. The highest BCUT2D eigenvalue weighted by atomic mass is 16.6. The van der Waals surface area contributed by atoms with Crippen LogP contribution in [0.1, 0.15) is 44.6 Å². The van der Waals surface area contributed by atoms with Crippen LogP contribution in [0.2, 0.25) is 0 Å². The number of aromatic amines is 1. The summed E-state index contributed by atoms with van der Waals surface area (Å²) in [4.78, 5) is 25.9. The van der Waals surface area contributed by atoms with E-state index in [0.29, 0.717) is 44.4 Å². The lowest BCUT2D eigenvalue weighted by atomic mass is 10.1. The number of benzene rings is 1. The second-order valence-electron chi connectivity index (χ2n) is 9.42. The fraction of sp³-hybridized carbons (Fsp3) is 0.440. The Kier molecular flexibility index (Phi) is 7.00. The first-order valence-corrected chi connectivity index (χ1v) is 11.7. The van der Waals surface area contributed by atoms with Crippen LogP contribution in [0.25, 0.3) is 0 Å². The Balaban J connectivity index is 1.52. The van der Waals surface area contributed by atoms with E-state index in [4.69, 9.17) is 14.7 Å². The highest BCUT2D eigenvalue weighted by molar-refractivity contribution is 5.68. The molecular weight excluding hydrogens is 430 g/mol. The molecule has 1 aromatic carbocycles. The molecule has 180 valence electrons. The van der Waals surface area contributed by atoms with Crippen LogP contribution in [0.4, 0.5) is 22.4 Å². The Morgan fingerprint density at radius 2 is 1.79 bits per heavy atom. The van der Waals surface area contributed by atoms with Gasteiger partial charge in [0.05, 0.1) is 5.69 Å². The lowest BCUT2D eigenvalue weighted by Crippen LogP contribution is -2.50. The number of aryl methyl sites for hydroxylation is 1. The lowest BCUT2D eigenvalue weighted by Gasteiger charge is -2.35. The normalized spacial score (nSPS) is 14.2. The maximum absolute atomic E-state index is 12.4. The van der Waals surface area contributed by atoms with Crippen molar-refractivity contribution in [2.45, 2.75) is 46.1 Å². The third kappa shape index (κ3) is 6.24. The van der Waals surface area contributed by atoms with Gasteiger partial charge in [0.2, 0.25) is 5.95 Å². The molecule has 0 saturated carbocycles. The molecule has 0 atom stereocenters. The van der Waals surface area contributed by atoms with Crippen LogP contribution in [-0.4, -0.2) is 62.9 Å². The summed E-state index contributed by atoms with van der Waals surface area (Å²) in [5.74, 6) is 2.06. The van der Waals surface area contributed by atoms with E-state index < -0.39 is 5.60 Å². The maximum atomic E-state index is 12.4. The Hall–Kier alpha value is -3.62. The molecule has 4 rings (SSSR count). The van der Waals surface area contributed by atoms with Gasteiger partial charge in [-0.25, -0.2) is 9.78 Å². The molecule has 34 heavy (non-hydrogen) atoms. The number of piperazine rings is 1. The molecule has 1 fully saturated rings. The van der Waals surface area contributed by atoms with Gasteiger partial charge in [0.15, 0.2) is 5.82 Å². The Morgan fingerprint density at radius 1 is 1.06 bits per heavy atom. The number of ether oxygens (including phenoxy) is 1. The van der Waals surface area contributed by atoms with E-state index >= 15 is 0 Å². The van der Waals surface area contributed by atoms with Crippen molar-refractivity contribution in [3.8, 4) is 0 Å². The lowest BCUT2D eigenvalue weighted by molar-refractivity contribution is 0.0240. The quantitative estimate of drug-likeness (QED) is 0.566. The summed E-state index contributed by atoms with van der Waals surface area (Å²) in [5, 5.41) is 10.7. The minimum Gasteiger partial charge on any atom is -0.444 e. The zero-order chi connectivity index (χ0) is 24.1. The number of nitrogens with one attached hydrogen (secondary N) is 2. The van der Waals surface area contributed by atoms with E-state index in [1.165, 1.54) is 5.56 Å². The number of nitrogens with zero attached hydrogens (tertiary/aromatic N) is 5. The summed E-state index contributed by atoms with van der Waals surface area (Å²) in [6.45, 7) is 10.1. The second-order valence-corrected chi connectivity index (χ2v) is 9.42. The summed E-state index contributed by atoms with van der Waals surface area (Å²) < 4.78 is 5.52. The number of carbonyl (C=O) groups excluding carboxylic acids is 1. The van der Waals surface area contributed by atoms with Gasteiger partial charge in [0, 0.05) is 50.4 Å². The van der Waals surface area contributed by atoms with Crippen molar-refractivity contribution in [3.63, 3.8) is 0 Å². The van der Waals surface area contributed by atoms with Gasteiger partial charge < -0.3 is 19.9 Å². The maximum Gasteiger partial charge on any atom is 0.410 e.